The predicted octanol–water partition coefficient (Wildman–Crippen LogP) is 0.972. The van der Waals surface area contributed by atoms with Crippen molar-refractivity contribution in [3.05, 3.63) is 35.9 Å². The molecule has 0 saturated heterocycles. The minimum Gasteiger partial charge on any atom is -0.396 e. The summed E-state index contributed by atoms with van der Waals surface area (Å²) in [5, 5.41) is 6.55. The molecule has 2 heterocycles. The van der Waals surface area contributed by atoms with Gasteiger partial charge in [0.2, 0.25) is 0 Å². The van der Waals surface area contributed by atoms with Gasteiger partial charge in [0, 0.05) is 18.9 Å². The summed E-state index contributed by atoms with van der Waals surface area (Å²) in [6.45, 7) is 1.80. The van der Waals surface area contributed by atoms with Crippen LogP contribution in [0.15, 0.2) is 24.7 Å². The number of aryl methyl sites for hydroxylation is 1. The van der Waals surface area contributed by atoms with Gasteiger partial charge in [0.25, 0.3) is 5.91 Å². The zero-order chi connectivity index (χ0) is 12.4. The van der Waals surface area contributed by atoms with Gasteiger partial charge >= 0.3 is 0 Å². The van der Waals surface area contributed by atoms with Gasteiger partial charge in [0.05, 0.1) is 29.3 Å². The average Bonchev–Trinajstić information content (AvgIpc) is 2.74. The Labute approximate surface area is 98.5 Å². The number of carbonyl (C=O) groups is 1. The van der Waals surface area contributed by atoms with Crippen LogP contribution in [-0.2, 0) is 0 Å². The highest BCUT2D eigenvalue weighted by Gasteiger charge is 2.18. The van der Waals surface area contributed by atoms with Crippen molar-refractivity contribution in [1.29, 1.82) is 0 Å². The van der Waals surface area contributed by atoms with Crippen LogP contribution in [0.2, 0.25) is 0 Å². The van der Waals surface area contributed by atoms with Crippen LogP contribution in [0.3, 0.4) is 0 Å². The molecule has 6 nitrogen and oxygen atoms in total. The molecule has 3 N–H and O–H groups in total. The van der Waals surface area contributed by atoms with Crippen LogP contribution < -0.4 is 10.6 Å². The van der Waals surface area contributed by atoms with E-state index in [-0.39, 0.29) is 5.91 Å². The number of nitrogen functional groups attached to an aromatic ring is 1. The molecule has 0 aliphatic rings. The van der Waals surface area contributed by atoms with E-state index in [0.29, 0.717) is 16.9 Å². The highest BCUT2D eigenvalue weighted by Crippen LogP contribution is 2.22. The number of H-pyrrole nitrogens is 1. The number of hydrogen-bond acceptors (Lipinski definition) is 4. The molecule has 0 bridgehead atoms. The Balaban J connectivity index is 2.33. The Morgan fingerprint density at radius 2 is 2.24 bits per heavy atom. The second-order valence-electron chi connectivity index (χ2n) is 3.71. The molecule has 0 spiro atoms. The van der Waals surface area contributed by atoms with E-state index in [1.165, 1.54) is 17.3 Å². The highest BCUT2D eigenvalue weighted by atomic mass is 16.2. The van der Waals surface area contributed by atoms with Crippen LogP contribution in [0.4, 0.5) is 11.4 Å². The molecule has 88 valence electrons. The quantitative estimate of drug-likeness (QED) is 0.806. The molecule has 2 aromatic rings. The smallest absolute Gasteiger partial charge is 0.261 e. The molecule has 17 heavy (non-hydrogen) atoms. The number of amides is 1. The lowest BCUT2D eigenvalue weighted by atomic mass is 10.2. The van der Waals surface area contributed by atoms with Crippen LogP contribution >= 0.6 is 0 Å². The number of hydrogen-bond donors (Lipinski definition) is 2. The van der Waals surface area contributed by atoms with Gasteiger partial charge < -0.3 is 10.6 Å². The monoisotopic (exact) mass is 231 g/mol. The molecule has 2 rings (SSSR count). The normalized spacial score (nSPS) is 10.2. The van der Waals surface area contributed by atoms with Crippen molar-refractivity contribution in [2.24, 2.45) is 0 Å². The van der Waals surface area contributed by atoms with E-state index < -0.39 is 0 Å². The first-order valence-electron chi connectivity index (χ1n) is 5.08. The van der Waals surface area contributed by atoms with Crippen molar-refractivity contribution in [1.82, 2.24) is 15.2 Å². The Bertz CT molecular complexity index is 548. The minimum atomic E-state index is -0.158. The molecule has 0 fully saturated rings. The first kappa shape index (κ1) is 11.1. The summed E-state index contributed by atoms with van der Waals surface area (Å²) in [5.74, 6) is -0.158. The van der Waals surface area contributed by atoms with Crippen molar-refractivity contribution in [2.45, 2.75) is 6.92 Å². The topological polar surface area (TPSA) is 87.9 Å². The molecule has 0 unspecified atom stereocenters. The van der Waals surface area contributed by atoms with Crippen LogP contribution in [0.5, 0.6) is 0 Å². The van der Waals surface area contributed by atoms with Crippen molar-refractivity contribution < 1.29 is 4.79 Å². The highest BCUT2D eigenvalue weighted by molar-refractivity contribution is 6.07. The molecule has 0 aliphatic heterocycles. The van der Waals surface area contributed by atoms with E-state index in [0.717, 1.165) is 5.69 Å². The van der Waals surface area contributed by atoms with Crippen LogP contribution in [-0.4, -0.2) is 28.1 Å². The second kappa shape index (κ2) is 4.25. The van der Waals surface area contributed by atoms with Gasteiger partial charge in [0.15, 0.2) is 0 Å². The van der Waals surface area contributed by atoms with Gasteiger partial charge in [-0.2, -0.15) is 5.10 Å². The number of nitrogens with zero attached hydrogens (tertiary/aromatic N) is 3. The SMILES string of the molecule is Cc1[nH]ncc1C(=O)N(C)c1ccncc1N. The molecular weight excluding hydrogens is 218 g/mol. The van der Waals surface area contributed by atoms with Crippen LogP contribution in [0.25, 0.3) is 0 Å². The lowest BCUT2D eigenvalue weighted by Gasteiger charge is -2.18. The van der Waals surface area contributed by atoms with Gasteiger partial charge in [-0.05, 0) is 13.0 Å². The summed E-state index contributed by atoms with van der Waals surface area (Å²) >= 11 is 0. The largest absolute Gasteiger partial charge is 0.396 e. The van der Waals surface area contributed by atoms with Gasteiger partial charge in [-0.3, -0.25) is 14.9 Å². The van der Waals surface area contributed by atoms with Gasteiger partial charge in [0.1, 0.15) is 0 Å². The summed E-state index contributed by atoms with van der Waals surface area (Å²) in [6, 6.07) is 1.70. The number of nitrogens with two attached hydrogens (primary N) is 1. The molecule has 0 saturated carbocycles. The molecule has 0 aromatic carbocycles. The van der Waals surface area contributed by atoms with Crippen molar-refractivity contribution in [2.75, 3.05) is 17.7 Å². The Morgan fingerprint density at radius 1 is 1.47 bits per heavy atom. The molecule has 1 amide bonds. The van der Waals surface area contributed by atoms with Crippen molar-refractivity contribution >= 4 is 17.3 Å². The number of anilines is 2. The fraction of sp³-hybridized carbons (Fsp3) is 0.182. The predicted molar refractivity (Wildman–Crippen MR) is 64.7 cm³/mol. The molecular formula is C11H13N5O. The number of nitrogens with one attached hydrogen (secondary N) is 1. The van der Waals surface area contributed by atoms with Gasteiger partial charge in [-0.25, -0.2) is 0 Å². The Hall–Kier alpha value is -2.37. The van der Waals surface area contributed by atoms with Crippen molar-refractivity contribution in [3.8, 4) is 0 Å². The summed E-state index contributed by atoms with van der Waals surface area (Å²) in [5.41, 5.74) is 8.13. The maximum atomic E-state index is 12.2. The summed E-state index contributed by atoms with van der Waals surface area (Å²) in [4.78, 5) is 17.5. The third-order valence-corrected chi connectivity index (χ3v) is 2.55. The van der Waals surface area contributed by atoms with E-state index in [1.54, 1.807) is 26.2 Å². The third kappa shape index (κ3) is 1.96. The number of aromatic amines is 1. The maximum absolute atomic E-state index is 12.2. The fourth-order valence-corrected chi connectivity index (χ4v) is 1.56. The van der Waals surface area contributed by atoms with Crippen LogP contribution in [0.1, 0.15) is 16.1 Å². The lowest BCUT2D eigenvalue weighted by Crippen LogP contribution is -2.27. The lowest BCUT2D eigenvalue weighted by molar-refractivity contribution is 0.0992. The van der Waals surface area contributed by atoms with E-state index in [4.69, 9.17) is 5.73 Å². The molecule has 0 aliphatic carbocycles. The van der Waals surface area contributed by atoms with Crippen LogP contribution in [0, 0.1) is 6.92 Å². The van der Waals surface area contributed by atoms with Crippen molar-refractivity contribution in [3.63, 3.8) is 0 Å². The summed E-state index contributed by atoms with van der Waals surface area (Å²) in [6.07, 6.45) is 4.62. The average molecular weight is 231 g/mol. The number of carbonyl (C=O) groups excluding carboxylic acids is 1. The standard InChI is InChI=1S/C11H13N5O/c1-7-8(5-14-15-7)11(17)16(2)10-3-4-13-6-9(10)12/h3-6H,12H2,1-2H3,(H,14,15). The molecule has 0 radical (unpaired) electrons. The number of aromatic nitrogens is 3. The first-order chi connectivity index (χ1) is 8.11. The summed E-state index contributed by atoms with van der Waals surface area (Å²) in [7, 11) is 1.67. The fourth-order valence-electron chi connectivity index (χ4n) is 1.56. The maximum Gasteiger partial charge on any atom is 0.261 e. The third-order valence-electron chi connectivity index (χ3n) is 2.55. The van der Waals surface area contributed by atoms with Gasteiger partial charge in [-0.15, -0.1) is 0 Å². The molecule has 6 heteroatoms. The second-order valence-corrected chi connectivity index (χ2v) is 3.71. The van der Waals surface area contributed by atoms with E-state index in [2.05, 4.69) is 15.2 Å². The Kier molecular flexibility index (Phi) is 2.78. The zero-order valence-corrected chi connectivity index (χ0v) is 9.64. The summed E-state index contributed by atoms with van der Waals surface area (Å²) < 4.78 is 0. The zero-order valence-electron chi connectivity index (χ0n) is 9.64. The van der Waals surface area contributed by atoms with Gasteiger partial charge in [-0.1, -0.05) is 0 Å². The molecule has 2 aromatic heterocycles. The minimum absolute atomic E-state index is 0.158. The van der Waals surface area contributed by atoms with E-state index in [9.17, 15) is 4.79 Å². The molecule has 0 atom stereocenters. The van der Waals surface area contributed by atoms with E-state index >= 15 is 0 Å². The number of pyridine rings is 1. The Morgan fingerprint density at radius 3 is 2.82 bits per heavy atom. The first-order valence-corrected chi connectivity index (χ1v) is 5.08. The number of rotatable bonds is 2. The van der Waals surface area contributed by atoms with E-state index in [1.807, 2.05) is 0 Å².